The summed E-state index contributed by atoms with van der Waals surface area (Å²) in [6.45, 7) is 3.80. The molecule has 0 bridgehead atoms. The van der Waals surface area contributed by atoms with E-state index in [0.717, 1.165) is 11.3 Å². The average molecular weight is 196 g/mol. The summed E-state index contributed by atoms with van der Waals surface area (Å²) in [6, 6.07) is 0. The Morgan fingerprint density at radius 2 is 2.07 bits per heavy atom. The Hall–Kier alpha value is -1.29. The molecule has 4 nitrogen and oxygen atoms in total. The highest BCUT2D eigenvalue weighted by atomic mass is 16.5. The normalized spacial score (nSPS) is 12.6. The van der Waals surface area contributed by atoms with E-state index in [1.807, 2.05) is 13.8 Å². The fourth-order valence-electron chi connectivity index (χ4n) is 1.42. The van der Waals surface area contributed by atoms with Gasteiger partial charge in [-0.3, -0.25) is 4.98 Å². The molecule has 0 radical (unpaired) electrons. The van der Waals surface area contributed by atoms with Crippen molar-refractivity contribution in [1.82, 2.24) is 4.98 Å². The lowest BCUT2D eigenvalue weighted by Gasteiger charge is -2.17. The first kappa shape index (κ1) is 10.8. The number of methoxy groups -OCH3 is 2. The van der Waals surface area contributed by atoms with Crippen LogP contribution in [-0.2, 0) is 4.74 Å². The zero-order chi connectivity index (χ0) is 10.7. The predicted octanol–water partition coefficient (Wildman–Crippen LogP) is 1.69. The van der Waals surface area contributed by atoms with E-state index >= 15 is 0 Å². The van der Waals surface area contributed by atoms with Crippen molar-refractivity contribution < 1.29 is 9.47 Å². The second-order valence-corrected chi connectivity index (χ2v) is 3.12. The largest absolute Gasteiger partial charge is 0.494 e. The summed E-state index contributed by atoms with van der Waals surface area (Å²) in [6.07, 6.45) is 1.54. The van der Waals surface area contributed by atoms with Gasteiger partial charge < -0.3 is 15.2 Å². The lowest BCUT2D eigenvalue weighted by molar-refractivity contribution is 0.117. The SMILES string of the molecule is COc1c(C)ncc(N)c1C(C)OC. The molecule has 0 aliphatic carbocycles. The third-order valence-corrected chi connectivity index (χ3v) is 2.25. The second-order valence-electron chi connectivity index (χ2n) is 3.12. The maximum absolute atomic E-state index is 5.82. The predicted molar refractivity (Wildman–Crippen MR) is 55.4 cm³/mol. The summed E-state index contributed by atoms with van der Waals surface area (Å²) in [7, 11) is 3.24. The van der Waals surface area contributed by atoms with E-state index in [4.69, 9.17) is 15.2 Å². The molecule has 1 heterocycles. The van der Waals surface area contributed by atoms with Gasteiger partial charge in [0.15, 0.2) is 0 Å². The molecule has 78 valence electrons. The van der Waals surface area contributed by atoms with Crippen molar-refractivity contribution in [2.24, 2.45) is 0 Å². The molecule has 4 heteroatoms. The highest BCUT2D eigenvalue weighted by molar-refractivity contribution is 5.55. The molecule has 1 aromatic heterocycles. The molecule has 2 N–H and O–H groups in total. The van der Waals surface area contributed by atoms with Crippen molar-refractivity contribution in [3.8, 4) is 5.75 Å². The van der Waals surface area contributed by atoms with Gasteiger partial charge in [0.1, 0.15) is 5.75 Å². The number of nitrogens with two attached hydrogens (primary N) is 1. The van der Waals surface area contributed by atoms with Crippen LogP contribution in [0.3, 0.4) is 0 Å². The van der Waals surface area contributed by atoms with Crippen LogP contribution in [0, 0.1) is 6.92 Å². The number of hydrogen-bond acceptors (Lipinski definition) is 4. The highest BCUT2D eigenvalue weighted by Crippen LogP contribution is 2.33. The van der Waals surface area contributed by atoms with Crippen LogP contribution in [0.5, 0.6) is 5.75 Å². The molecule has 0 amide bonds. The topological polar surface area (TPSA) is 57.4 Å². The minimum Gasteiger partial charge on any atom is -0.494 e. The number of anilines is 1. The van der Waals surface area contributed by atoms with E-state index in [0.29, 0.717) is 11.4 Å². The number of hydrogen-bond donors (Lipinski definition) is 1. The number of nitrogens with zero attached hydrogens (tertiary/aromatic N) is 1. The van der Waals surface area contributed by atoms with Crippen LogP contribution in [0.2, 0.25) is 0 Å². The molecule has 1 atom stereocenters. The highest BCUT2D eigenvalue weighted by Gasteiger charge is 2.17. The quantitative estimate of drug-likeness (QED) is 0.799. The molecule has 1 unspecified atom stereocenters. The van der Waals surface area contributed by atoms with Gasteiger partial charge in [-0.05, 0) is 13.8 Å². The number of ether oxygens (including phenoxy) is 2. The van der Waals surface area contributed by atoms with Crippen LogP contribution in [0.4, 0.5) is 5.69 Å². The maximum atomic E-state index is 5.82. The lowest BCUT2D eigenvalue weighted by atomic mass is 10.1. The van der Waals surface area contributed by atoms with Gasteiger partial charge in [-0.25, -0.2) is 0 Å². The third-order valence-electron chi connectivity index (χ3n) is 2.25. The monoisotopic (exact) mass is 196 g/mol. The molecule has 0 aliphatic rings. The van der Waals surface area contributed by atoms with Gasteiger partial charge in [-0.1, -0.05) is 0 Å². The van der Waals surface area contributed by atoms with Gasteiger partial charge in [0.05, 0.1) is 30.8 Å². The smallest absolute Gasteiger partial charge is 0.147 e. The van der Waals surface area contributed by atoms with Crippen LogP contribution in [0.15, 0.2) is 6.20 Å². The Labute approximate surface area is 84.0 Å². The Balaban J connectivity index is 3.29. The number of aryl methyl sites for hydroxylation is 1. The summed E-state index contributed by atoms with van der Waals surface area (Å²) in [5, 5.41) is 0. The Bertz CT molecular complexity index is 326. The molecule has 0 saturated carbocycles. The van der Waals surface area contributed by atoms with Gasteiger partial charge in [0.2, 0.25) is 0 Å². The fraction of sp³-hybridized carbons (Fsp3) is 0.500. The molecule has 0 fully saturated rings. The molecule has 0 aromatic carbocycles. The molecule has 0 aliphatic heterocycles. The minimum atomic E-state index is -0.0911. The van der Waals surface area contributed by atoms with E-state index < -0.39 is 0 Å². The molecule has 0 saturated heterocycles. The van der Waals surface area contributed by atoms with E-state index in [2.05, 4.69) is 4.98 Å². The zero-order valence-corrected chi connectivity index (χ0v) is 9.00. The summed E-state index contributed by atoms with van der Waals surface area (Å²) in [5.41, 5.74) is 8.10. The van der Waals surface area contributed by atoms with Crippen molar-refractivity contribution in [3.05, 3.63) is 17.5 Å². The molecular weight excluding hydrogens is 180 g/mol. The van der Waals surface area contributed by atoms with Crippen molar-refractivity contribution in [2.75, 3.05) is 20.0 Å². The van der Waals surface area contributed by atoms with Crippen molar-refractivity contribution >= 4 is 5.69 Å². The van der Waals surface area contributed by atoms with Crippen LogP contribution in [-0.4, -0.2) is 19.2 Å². The molecule has 14 heavy (non-hydrogen) atoms. The van der Waals surface area contributed by atoms with Gasteiger partial charge in [0, 0.05) is 12.7 Å². The number of rotatable bonds is 3. The van der Waals surface area contributed by atoms with Gasteiger partial charge in [-0.15, -0.1) is 0 Å². The first-order valence-corrected chi connectivity index (χ1v) is 4.43. The summed E-state index contributed by atoms with van der Waals surface area (Å²) >= 11 is 0. The van der Waals surface area contributed by atoms with Gasteiger partial charge >= 0.3 is 0 Å². The first-order chi connectivity index (χ1) is 6.61. The first-order valence-electron chi connectivity index (χ1n) is 4.43. The standard InChI is InChI=1S/C10H16N2O2/c1-6-10(14-4)9(7(2)13-3)8(11)5-12-6/h5,7H,11H2,1-4H3. The number of aromatic nitrogens is 1. The zero-order valence-electron chi connectivity index (χ0n) is 9.00. The summed E-state index contributed by atoms with van der Waals surface area (Å²) < 4.78 is 10.5. The van der Waals surface area contributed by atoms with Crippen molar-refractivity contribution in [2.45, 2.75) is 20.0 Å². The minimum absolute atomic E-state index is 0.0911. The Morgan fingerprint density at radius 3 is 2.57 bits per heavy atom. The van der Waals surface area contributed by atoms with Crippen LogP contribution in [0.25, 0.3) is 0 Å². The van der Waals surface area contributed by atoms with E-state index in [1.54, 1.807) is 20.4 Å². The fourth-order valence-corrected chi connectivity index (χ4v) is 1.42. The number of nitrogen functional groups attached to an aromatic ring is 1. The van der Waals surface area contributed by atoms with Crippen LogP contribution < -0.4 is 10.5 Å². The van der Waals surface area contributed by atoms with Gasteiger partial charge in [-0.2, -0.15) is 0 Å². The maximum Gasteiger partial charge on any atom is 0.147 e. The molecule has 1 aromatic rings. The van der Waals surface area contributed by atoms with Crippen LogP contribution in [0.1, 0.15) is 24.3 Å². The van der Waals surface area contributed by atoms with Crippen molar-refractivity contribution in [3.63, 3.8) is 0 Å². The van der Waals surface area contributed by atoms with Crippen molar-refractivity contribution in [1.29, 1.82) is 0 Å². The second kappa shape index (κ2) is 4.28. The summed E-state index contributed by atoms with van der Waals surface area (Å²) in [4.78, 5) is 4.12. The average Bonchev–Trinajstić information content (AvgIpc) is 2.19. The van der Waals surface area contributed by atoms with Crippen LogP contribution >= 0.6 is 0 Å². The van der Waals surface area contributed by atoms with E-state index in [9.17, 15) is 0 Å². The molecular formula is C10H16N2O2. The molecule has 0 spiro atoms. The lowest BCUT2D eigenvalue weighted by Crippen LogP contribution is -2.06. The Morgan fingerprint density at radius 1 is 1.43 bits per heavy atom. The number of pyridine rings is 1. The Kier molecular flexibility index (Phi) is 3.30. The molecule has 1 rings (SSSR count). The van der Waals surface area contributed by atoms with Gasteiger partial charge in [0.25, 0.3) is 0 Å². The van der Waals surface area contributed by atoms with E-state index in [1.165, 1.54) is 0 Å². The summed E-state index contributed by atoms with van der Waals surface area (Å²) in [5.74, 6) is 0.708. The third kappa shape index (κ3) is 1.80. The van der Waals surface area contributed by atoms with E-state index in [-0.39, 0.29) is 6.10 Å².